The lowest BCUT2D eigenvalue weighted by Crippen LogP contribution is -2.45. The van der Waals surface area contributed by atoms with Crippen molar-refractivity contribution in [2.75, 3.05) is 13.7 Å². The van der Waals surface area contributed by atoms with Gasteiger partial charge in [-0.1, -0.05) is 39.0 Å². The van der Waals surface area contributed by atoms with E-state index in [9.17, 15) is 9.59 Å². The van der Waals surface area contributed by atoms with Crippen LogP contribution in [-0.2, 0) is 14.0 Å². The summed E-state index contributed by atoms with van der Waals surface area (Å²) in [5.41, 5.74) is 1.20. The second-order valence-corrected chi connectivity index (χ2v) is 13.1. The number of esters is 1. The first-order valence-corrected chi connectivity index (χ1v) is 12.3. The Hall–Kier alpha value is -2.25. The van der Waals surface area contributed by atoms with Gasteiger partial charge in [-0.25, -0.2) is 4.79 Å². The van der Waals surface area contributed by atoms with E-state index in [0.29, 0.717) is 18.6 Å². The molecule has 1 aromatic heterocycles. The lowest BCUT2D eigenvalue weighted by molar-refractivity contribution is -0.143. The quantitative estimate of drug-likeness (QED) is 0.561. The number of pyridine rings is 1. The molecule has 0 fully saturated rings. The number of nitrogens with one attached hydrogen (secondary N) is 1. The fourth-order valence-corrected chi connectivity index (χ4v) is 3.63. The number of amides is 1. The van der Waals surface area contributed by atoms with Crippen molar-refractivity contribution in [2.24, 2.45) is 0 Å². The van der Waals surface area contributed by atoms with Crippen LogP contribution >= 0.6 is 0 Å². The van der Waals surface area contributed by atoms with Gasteiger partial charge in [0.15, 0.2) is 8.32 Å². The van der Waals surface area contributed by atoms with Crippen molar-refractivity contribution in [3.63, 3.8) is 0 Å². The summed E-state index contributed by atoms with van der Waals surface area (Å²) in [6.07, 6.45) is 1.94. The summed E-state index contributed by atoms with van der Waals surface area (Å²) in [4.78, 5) is 29.3. The first-order valence-electron chi connectivity index (χ1n) is 9.43. The summed E-state index contributed by atoms with van der Waals surface area (Å²) >= 11 is 0. The van der Waals surface area contributed by atoms with E-state index in [1.807, 2.05) is 24.3 Å². The molecule has 1 N–H and O–H groups in total. The number of benzene rings is 1. The molecule has 0 radical (unpaired) electrons. The largest absolute Gasteiger partial charge is 0.467 e. The summed E-state index contributed by atoms with van der Waals surface area (Å²) in [5, 5.41) is 3.61. The molecule has 0 aliphatic rings. The molecule has 0 bridgehead atoms. The summed E-state index contributed by atoms with van der Waals surface area (Å²) in [5.74, 6) is -0.813. The topological polar surface area (TPSA) is 77.5 Å². The number of carbonyl (C=O) groups is 2. The lowest BCUT2D eigenvalue weighted by atomic mass is 10.1. The highest BCUT2D eigenvalue weighted by molar-refractivity contribution is 6.74. The molecule has 0 aliphatic heterocycles. The Bertz CT molecular complexity index is 840. The van der Waals surface area contributed by atoms with Gasteiger partial charge >= 0.3 is 5.97 Å². The maximum Gasteiger partial charge on any atom is 0.328 e. The summed E-state index contributed by atoms with van der Waals surface area (Å²) < 4.78 is 11.0. The van der Waals surface area contributed by atoms with E-state index in [1.165, 1.54) is 7.11 Å². The lowest BCUT2D eigenvalue weighted by Gasteiger charge is -2.36. The third-order valence-corrected chi connectivity index (χ3v) is 9.90. The summed E-state index contributed by atoms with van der Waals surface area (Å²) in [6.45, 7) is 11.2. The molecule has 2 aromatic rings. The maximum absolute atomic E-state index is 12.8. The van der Waals surface area contributed by atoms with Gasteiger partial charge in [0, 0.05) is 24.6 Å². The number of ether oxygens (including phenoxy) is 1. The SMILES string of the molecule is COC(=O)[C@@H](CCO[Si](C)(C)C(C)(C)C)NC(=O)c1ccnc2ccccc12. The Balaban J connectivity index is 2.11. The number of nitrogens with zero attached hydrogens (tertiary/aromatic N) is 1. The summed E-state index contributed by atoms with van der Waals surface area (Å²) in [6, 6.07) is 8.28. The molecule has 1 atom stereocenters. The van der Waals surface area contributed by atoms with Gasteiger partial charge in [0.25, 0.3) is 5.91 Å². The van der Waals surface area contributed by atoms with E-state index >= 15 is 0 Å². The van der Waals surface area contributed by atoms with Crippen LogP contribution in [0.5, 0.6) is 0 Å². The molecule has 1 heterocycles. The Labute approximate surface area is 167 Å². The second-order valence-electron chi connectivity index (χ2n) is 8.32. The van der Waals surface area contributed by atoms with E-state index in [4.69, 9.17) is 9.16 Å². The Morgan fingerprint density at radius 3 is 2.50 bits per heavy atom. The third-order valence-electron chi connectivity index (χ3n) is 5.36. The highest BCUT2D eigenvalue weighted by atomic mass is 28.4. The minimum atomic E-state index is -1.93. The smallest absolute Gasteiger partial charge is 0.328 e. The van der Waals surface area contributed by atoms with Gasteiger partial charge in [-0.2, -0.15) is 0 Å². The molecule has 28 heavy (non-hydrogen) atoms. The Morgan fingerprint density at radius 2 is 1.86 bits per heavy atom. The summed E-state index contributed by atoms with van der Waals surface area (Å²) in [7, 11) is -0.612. The van der Waals surface area contributed by atoms with Crippen LogP contribution in [0.2, 0.25) is 18.1 Å². The molecule has 1 aromatic carbocycles. The zero-order valence-electron chi connectivity index (χ0n) is 17.5. The van der Waals surface area contributed by atoms with Crippen LogP contribution in [0.15, 0.2) is 36.5 Å². The van der Waals surface area contributed by atoms with Crippen LogP contribution in [0.3, 0.4) is 0 Å². The third kappa shape index (κ3) is 5.17. The normalized spacial score (nSPS) is 13.2. The number of fused-ring (bicyclic) bond motifs is 1. The monoisotopic (exact) mass is 402 g/mol. The van der Waals surface area contributed by atoms with Gasteiger partial charge in [0.1, 0.15) is 6.04 Å². The van der Waals surface area contributed by atoms with Gasteiger partial charge in [-0.3, -0.25) is 9.78 Å². The minimum Gasteiger partial charge on any atom is -0.467 e. The highest BCUT2D eigenvalue weighted by Crippen LogP contribution is 2.36. The van der Waals surface area contributed by atoms with Crippen molar-refractivity contribution < 1.29 is 18.8 Å². The van der Waals surface area contributed by atoms with E-state index in [-0.39, 0.29) is 10.9 Å². The average molecular weight is 403 g/mol. The van der Waals surface area contributed by atoms with Gasteiger partial charge < -0.3 is 14.5 Å². The highest BCUT2D eigenvalue weighted by Gasteiger charge is 2.37. The predicted octanol–water partition coefficient (Wildman–Crippen LogP) is 3.92. The van der Waals surface area contributed by atoms with Crippen molar-refractivity contribution in [2.45, 2.75) is 51.4 Å². The maximum atomic E-state index is 12.8. The number of para-hydroxylation sites is 1. The van der Waals surface area contributed by atoms with Crippen molar-refractivity contribution in [1.82, 2.24) is 10.3 Å². The van der Waals surface area contributed by atoms with Crippen molar-refractivity contribution in [3.05, 3.63) is 42.1 Å². The van der Waals surface area contributed by atoms with Crippen molar-refractivity contribution >= 4 is 31.1 Å². The minimum absolute atomic E-state index is 0.0764. The number of hydrogen-bond donors (Lipinski definition) is 1. The standard InChI is InChI=1S/C21H30N2O4Si/c1-21(2,3)28(5,6)27-14-12-18(20(25)26-4)23-19(24)16-11-13-22-17-10-8-7-9-15(16)17/h7-11,13,18H,12,14H2,1-6H3,(H,23,24)/t18-/m1/s1. The first-order chi connectivity index (χ1) is 13.1. The molecular weight excluding hydrogens is 372 g/mol. The van der Waals surface area contributed by atoms with Crippen LogP contribution in [0.25, 0.3) is 10.9 Å². The molecule has 6 nitrogen and oxygen atoms in total. The fourth-order valence-electron chi connectivity index (χ4n) is 2.57. The van der Waals surface area contributed by atoms with Gasteiger partial charge in [0.05, 0.1) is 18.2 Å². The zero-order valence-corrected chi connectivity index (χ0v) is 18.5. The van der Waals surface area contributed by atoms with Crippen LogP contribution in [0, 0.1) is 0 Å². The van der Waals surface area contributed by atoms with E-state index in [1.54, 1.807) is 12.3 Å². The Morgan fingerprint density at radius 1 is 1.18 bits per heavy atom. The molecule has 7 heteroatoms. The van der Waals surface area contributed by atoms with E-state index < -0.39 is 20.3 Å². The number of carbonyl (C=O) groups excluding carboxylic acids is 2. The molecule has 0 aliphatic carbocycles. The van der Waals surface area contributed by atoms with Gasteiger partial charge in [-0.05, 0) is 30.3 Å². The number of methoxy groups -OCH3 is 1. The van der Waals surface area contributed by atoms with E-state index in [2.05, 4.69) is 44.2 Å². The molecular formula is C21H30N2O4Si. The predicted molar refractivity (Wildman–Crippen MR) is 113 cm³/mol. The van der Waals surface area contributed by atoms with Gasteiger partial charge in [-0.15, -0.1) is 0 Å². The van der Waals surface area contributed by atoms with Crippen LogP contribution in [-0.4, -0.2) is 44.9 Å². The fraction of sp³-hybridized carbons (Fsp3) is 0.476. The zero-order chi connectivity index (χ0) is 20.9. The number of rotatable bonds is 7. The number of hydrogen-bond acceptors (Lipinski definition) is 5. The molecule has 0 unspecified atom stereocenters. The molecule has 2 rings (SSSR count). The molecule has 152 valence electrons. The first kappa shape index (κ1) is 22.0. The van der Waals surface area contributed by atoms with Crippen LogP contribution < -0.4 is 5.32 Å². The van der Waals surface area contributed by atoms with Crippen LogP contribution in [0.4, 0.5) is 0 Å². The van der Waals surface area contributed by atoms with E-state index in [0.717, 1.165) is 10.9 Å². The number of aromatic nitrogens is 1. The van der Waals surface area contributed by atoms with Crippen molar-refractivity contribution in [1.29, 1.82) is 0 Å². The molecule has 1 amide bonds. The van der Waals surface area contributed by atoms with Crippen LogP contribution in [0.1, 0.15) is 37.6 Å². The van der Waals surface area contributed by atoms with Gasteiger partial charge in [0.2, 0.25) is 0 Å². The molecule has 0 saturated heterocycles. The average Bonchev–Trinajstić information content (AvgIpc) is 2.65. The molecule has 0 saturated carbocycles. The molecule has 0 spiro atoms. The second kappa shape index (κ2) is 8.83. The Kier molecular flexibility index (Phi) is 6.95. The van der Waals surface area contributed by atoms with Crippen molar-refractivity contribution in [3.8, 4) is 0 Å².